The Bertz CT molecular complexity index is 836. The van der Waals surface area contributed by atoms with Crippen LogP contribution in [-0.4, -0.2) is 5.78 Å². The Kier molecular flexibility index (Phi) is 3.52. The zero-order valence-corrected chi connectivity index (χ0v) is 12.1. The molecule has 1 aromatic heterocycles. The van der Waals surface area contributed by atoms with Crippen molar-refractivity contribution in [1.82, 2.24) is 0 Å². The van der Waals surface area contributed by atoms with Gasteiger partial charge >= 0.3 is 0 Å². The number of fused-ring (bicyclic) bond motifs is 1. The standard InChI is InChI=1S/C17H12ClFO2/c1-10-2-5-16-12(6-10)9-17(21-16)15(20)8-11-7-13(19)3-4-14(11)18/h2-7,9H,8H2,1H3. The summed E-state index contributed by atoms with van der Waals surface area (Å²) in [5, 5.41) is 1.25. The summed E-state index contributed by atoms with van der Waals surface area (Å²) in [7, 11) is 0. The second-order valence-corrected chi connectivity index (χ2v) is 5.39. The Morgan fingerprint density at radius 1 is 1.19 bits per heavy atom. The molecule has 0 aliphatic heterocycles. The number of Topliss-reactive ketones (excluding diaryl/α,β-unsaturated/α-hetero) is 1. The molecule has 0 saturated carbocycles. The monoisotopic (exact) mass is 302 g/mol. The van der Waals surface area contributed by atoms with Crippen molar-refractivity contribution in [2.45, 2.75) is 13.3 Å². The average molecular weight is 303 g/mol. The molecule has 0 unspecified atom stereocenters. The number of carbonyl (C=O) groups is 1. The minimum absolute atomic E-state index is 0.00932. The summed E-state index contributed by atoms with van der Waals surface area (Å²) in [6, 6.07) is 11.4. The summed E-state index contributed by atoms with van der Waals surface area (Å²) in [6.07, 6.45) is 0.00932. The maximum Gasteiger partial charge on any atom is 0.202 e. The molecule has 106 valence electrons. The van der Waals surface area contributed by atoms with Gasteiger partial charge in [-0.2, -0.15) is 0 Å². The second kappa shape index (κ2) is 5.34. The number of rotatable bonds is 3. The van der Waals surface area contributed by atoms with Crippen LogP contribution in [0.2, 0.25) is 5.02 Å². The Balaban J connectivity index is 1.91. The number of benzene rings is 2. The molecule has 0 saturated heterocycles. The fourth-order valence-corrected chi connectivity index (χ4v) is 2.42. The van der Waals surface area contributed by atoms with Crippen LogP contribution >= 0.6 is 11.6 Å². The number of furan rings is 1. The average Bonchev–Trinajstić information content (AvgIpc) is 2.86. The van der Waals surface area contributed by atoms with Gasteiger partial charge in [0, 0.05) is 16.8 Å². The Morgan fingerprint density at radius 3 is 2.81 bits per heavy atom. The Labute approximate surface area is 126 Å². The van der Waals surface area contributed by atoms with Crippen LogP contribution in [0.3, 0.4) is 0 Å². The van der Waals surface area contributed by atoms with Crippen LogP contribution in [0.1, 0.15) is 21.7 Å². The highest BCUT2D eigenvalue weighted by Crippen LogP contribution is 2.23. The van der Waals surface area contributed by atoms with E-state index in [0.29, 0.717) is 16.2 Å². The molecule has 0 atom stereocenters. The predicted octanol–water partition coefficient (Wildman–Crippen LogP) is 4.96. The van der Waals surface area contributed by atoms with Gasteiger partial charge in [-0.15, -0.1) is 0 Å². The van der Waals surface area contributed by atoms with Gasteiger partial charge in [0.25, 0.3) is 0 Å². The number of carbonyl (C=O) groups excluding carboxylic acids is 1. The van der Waals surface area contributed by atoms with Crippen LogP contribution in [0.25, 0.3) is 11.0 Å². The summed E-state index contributed by atoms with van der Waals surface area (Å²) < 4.78 is 18.8. The van der Waals surface area contributed by atoms with Gasteiger partial charge < -0.3 is 4.42 Å². The lowest BCUT2D eigenvalue weighted by Crippen LogP contribution is -2.03. The normalized spacial score (nSPS) is 11.0. The van der Waals surface area contributed by atoms with Crippen LogP contribution in [0.15, 0.2) is 46.9 Å². The molecule has 0 aliphatic carbocycles. The van der Waals surface area contributed by atoms with Crippen molar-refractivity contribution in [3.63, 3.8) is 0 Å². The van der Waals surface area contributed by atoms with Crippen LogP contribution in [-0.2, 0) is 6.42 Å². The smallest absolute Gasteiger partial charge is 0.202 e. The van der Waals surface area contributed by atoms with Gasteiger partial charge in [-0.05, 0) is 48.9 Å². The van der Waals surface area contributed by atoms with Crippen molar-refractivity contribution in [2.24, 2.45) is 0 Å². The molecule has 0 N–H and O–H groups in total. The summed E-state index contributed by atoms with van der Waals surface area (Å²) >= 11 is 5.98. The van der Waals surface area contributed by atoms with Gasteiger partial charge in [-0.1, -0.05) is 23.2 Å². The van der Waals surface area contributed by atoms with Gasteiger partial charge in [-0.25, -0.2) is 4.39 Å². The van der Waals surface area contributed by atoms with E-state index in [9.17, 15) is 9.18 Å². The van der Waals surface area contributed by atoms with Gasteiger partial charge in [0.1, 0.15) is 11.4 Å². The van der Waals surface area contributed by atoms with Crippen molar-refractivity contribution in [2.75, 3.05) is 0 Å². The van der Waals surface area contributed by atoms with Crippen molar-refractivity contribution in [1.29, 1.82) is 0 Å². The van der Waals surface area contributed by atoms with Crippen LogP contribution in [0.5, 0.6) is 0 Å². The van der Waals surface area contributed by atoms with Crippen LogP contribution < -0.4 is 0 Å². The van der Waals surface area contributed by atoms with E-state index in [1.54, 1.807) is 6.07 Å². The first kappa shape index (κ1) is 13.8. The largest absolute Gasteiger partial charge is 0.453 e. The maximum absolute atomic E-state index is 13.2. The Hall–Kier alpha value is -2.13. The molecule has 3 rings (SSSR count). The third-order valence-corrected chi connectivity index (χ3v) is 3.67. The first-order chi connectivity index (χ1) is 10.0. The third-order valence-electron chi connectivity index (χ3n) is 3.31. The molecule has 0 radical (unpaired) electrons. The molecule has 2 aromatic carbocycles. The van der Waals surface area contributed by atoms with Gasteiger partial charge in [0.15, 0.2) is 5.76 Å². The summed E-state index contributed by atoms with van der Waals surface area (Å²) in [6.45, 7) is 1.97. The number of halogens is 2. The molecule has 0 amide bonds. The van der Waals surface area contributed by atoms with Crippen molar-refractivity contribution < 1.29 is 13.6 Å². The molecule has 0 aliphatic rings. The van der Waals surface area contributed by atoms with Crippen LogP contribution in [0.4, 0.5) is 4.39 Å². The number of hydrogen-bond donors (Lipinski definition) is 0. The fourth-order valence-electron chi connectivity index (χ4n) is 2.24. The van der Waals surface area contributed by atoms with Crippen LogP contribution in [0, 0.1) is 12.7 Å². The quantitative estimate of drug-likeness (QED) is 0.640. The van der Waals surface area contributed by atoms with Crippen molar-refractivity contribution in [3.8, 4) is 0 Å². The molecule has 1 heterocycles. The third kappa shape index (κ3) is 2.83. The van der Waals surface area contributed by atoms with E-state index in [0.717, 1.165) is 10.9 Å². The van der Waals surface area contributed by atoms with Crippen molar-refractivity contribution in [3.05, 3.63) is 70.2 Å². The minimum Gasteiger partial charge on any atom is -0.453 e. The van der Waals surface area contributed by atoms with Crippen molar-refractivity contribution >= 4 is 28.4 Å². The first-order valence-corrected chi connectivity index (χ1v) is 6.88. The number of ketones is 1. The number of aryl methyl sites for hydroxylation is 1. The van der Waals surface area contributed by atoms with E-state index in [2.05, 4.69) is 0 Å². The Morgan fingerprint density at radius 2 is 2.00 bits per heavy atom. The lowest BCUT2D eigenvalue weighted by atomic mass is 10.1. The van der Waals surface area contributed by atoms with Gasteiger partial charge in [0.05, 0.1) is 0 Å². The van der Waals surface area contributed by atoms with E-state index in [-0.39, 0.29) is 18.0 Å². The lowest BCUT2D eigenvalue weighted by Gasteiger charge is -2.02. The maximum atomic E-state index is 13.2. The zero-order valence-electron chi connectivity index (χ0n) is 11.3. The zero-order chi connectivity index (χ0) is 15.0. The molecular formula is C17H12ClFO2. The first-order valence-electron chi connectivity index (χ1n) is 6.50. The molecule has 0 bridgehead atoms. The molecular weight excluding hydrogens is 291 g/mol. The topological polar surface area (TPSA) is 30.2 Å². The molecule has 0 fully saturated rings. The fraction of sp³-hybridized carbons (Fsp3) is 0.118. The molecule has 3 aromatic rings. The molecule has 0 spiro atoms. The van der Waals surface area contributed by atoms with E-state index < -0.39 is 5.82 Å². The highest BCUT2D eigenvalue weighted by atomic mass is 35.5. The second-order valence-electron chi connectivity index (χ2n) is 4.99. The van der Waals surface area contributed by atoms with Gasteiger partial charge in [-0.3, -0.25) is 4.79 Å². The minimum atomic E-state index is -0.414. The highest BCUT2D eigenvalue weighted by molar-refractivity contribution is 6.31. The molecule has 2 nitrogen and oxygen atoms in total. The van der Waals surface area contributed by atoms with E-state index in [1.165, 1.54) is 18.2 Å². The van der Waals surface area contributed by atoms with E-state index >= 15 is 0 Å². The highest BCUT2D eigenvalue weighted by Gasteiger charge is 2.15. The number of hydrogen-bond acceptors (Lipinski definition) is 2. The molecule has 21 heavy (non-hydrogen) atoms. The molecule has 4 heteroatoms. The van der Waals surface area contributed by atoms with Gasteiger partial charge in [0.2, 0.25) is 5.78 Å². The summed E-state index contributed by atoms with van der Waals surface area (Å²) in [5.74, 6) is -0.380. The SMILES string of the molecule is Cc1ccc2oc(C(=O)Cc3cc(F)ccc3Cl)cc2c1. The summed E-state index contributed by atoms with van der Waals surface area (Å²) in [4.78, 5) is 12.3. The van der Waals surface area contributed by atoms with E-state index in [4.69, 9.17) is 16.0 Å². The predicted molar refractivity (Wildman–Crippen MR) is 80.4 cm³/mol. The van der Waals surface area contributed by atoms with E-state index in [1.807, 2.05) is 25.1 Å². The lowest BCUT2D eigenvalue weighted by molar-refractivity contribution is 0.0968. The summed E-state index contributed by atoms with van der Waals surface area (Å²) in [5.41, 5.74) is 2.21.